The molecule has 5 nitrogen and oxygen atoms in total. The van der Waals surface area contributed by atoms with Crippen molar-refractivity contribution in [2.75, 3.05) is 37.7 Å². The number of aromatic nitrogens is 2. The first kappa shape index (κ1) is 16.9. The number of hydrogen-bond donors (Lipinski definition) is 1. The number of quaternary nitrogens is 1. The highest BCUT2D eigenvalue weighted by atomic mass is 32.1. The number of morpholine rings is 1. The van der Waals surface area contributed by atoms with Crippen LogP contribution in [-0.4, -0.2) is 42.8 Å². The average Bonchev–Trinajstić information content (AvgIpc) is 3.42. The van der Waals surface area contributed by atoms with Crippen LogP contribution >= 0.6 is 11.3 Å². The second-order valence-electron chi connectivity index (χ2n) is 8.07. The van der Waals surface area contributed by atoms with E-state index in [1.807, 2.05) is 11.3 Å². The fourth-order valence-corrected chi connectivity index (χ4v) is 6.19. The Morgan fingerprint density at radius 2 is 1.96 bits per heavy atom. The standard InChI is InChI=1S/C22H24N4OS/c1-2-6-17-15(4-1)8-9-26(17)21-20-16-5-3-7-18(16)28-22(20)24-19(23-21)14-25-10-12-27-13-11-25/h1-2,4,6H,3,5,7-14H2/p+1. The third-order valence-electron chi connectivity index (χ3n) is 6.34. The van der Waals surface area contributed by atoms with Crippen molar-refractivity contribution in [3.63, 3.8) is 0 Å². The Labute approximate surface area is 169 Å². The molecule has 1 aromatic carbocycles. The Hall–Kier alpha value is -2.02. The van der Waals surface area contributed by atoms with E-state index in [0.717, 1.165) is 57.5 Å². The van der Waals surface area contributed by atoms with Crippen LogP contribution in [0.25, 0.3) is 10.2 Å². The third kappa shape index (κ3) is 2.74. The summed E-state index contributed by atoms with van der Waals surface area (Å²) in [5.41, 5.74) is 4.27. The number of nitrogens with zero attached hydrogens (tertiary/aromatic N) is 3. The van der Waals surface area contributed by atoms with Crippen molar-refractivity contribution in [2.24, 2.45) is 0 Å². The molecule has 1 aliphatic carbocycles. The Morgan fingerprint density at radius 3 is 2.89 bits per heavy atom. The number of anilines is 2. The van der Waals surface area contributed by atoms with Gasteiger partial charge in [0.15, 0.2) is 5.82 Å². The third-order valence-corrected chi connectivity index (χ3v) is 7.53. The number of benzene rings is 1. The second-order valence-corrected chi connectivity index (χ2v) is 9.15. The fraction of sp³-hybridized carbons (Fsp3) is 0.455. The minimum atomic E-state index is 0.844. The van der Waals surface area contributed by atoms with Gasteiger partial charge in [0, 0.05) is 17.1 Å². The van der Waals surface area contributed by atoms with Crippen molar-refractivity contribution >= 4 is 33.1 Å². The van der Waals surface area contributed by atoms with E-state index in [0.29, 0.717) is 0 Å². The van der Waals surface area contributed by atoms with Gasteiger partial charge in [0.25, 0.3) is 0 Å². The Bertz CT molecular complexity index is 1040. The van der Waals surface area contributed by atoms with Crippen LogP contribution in [0.1, 0.15) is 28.2 Å². The molecular weight excluding hydrogens is 368 g/mol. The van der Waals surface area contributed by atoms with Gasteiger partial charge in [0.05, 0.1) is 18.6 Å². The first-order valence-electron chi connectivity index (χ1n) is 10.4. The van der Waals surface area contributed by atoms with Crippen molar-refractivity contribution in [3.05, 3.63) is 46.1 Å². The molecule has 3 aromatic rings. The molecule has 1 N–H and O–H groups in total. The van der Waals surface area contributed by atoms with Crippen molar-refractivity contribution in [2.45, 2.75) is 32.2 Å². The van der Waals surface area contributed by atoms with Gasteiger partial charge in [-0.1, -0.05) is 18.2 Å². The van der Waals surface area contributed by atoms with Crippen LogP contribution in [0, 0.1) is 0 Å². The molecule has 0 bridgehead atoms. The van der Waals surface area contributed by atoms with Crippen LogP contribution in [0.2, 0.25) is 0 Å². The quantitative estimate of drug-likeness (QED) is 0.742. The van der Waals surface area contributed by atoms with Crippen LogP contribution in [0.5, 0.6) is 0 Å². The Morgan fingerprint density at radius 1 is 1.07 bits per heavy atom. The molecule has 0 unspecified atom stereocenters. The van der Waals surface area contributed by atoms with Gasteiger partial charge in [-0.3, -0.25) is 0 Å². The van der Waals surface area contributed by atoms with Gasteiger partial charge in [-0.2, -0.15) is 0 Å². The molecular formula is C22H25N4OS+. The molecule has 0 atom stereocenters. The van der Waals surface area contributed by atoms with Crippen molar-refractivity contribution in [3.8, 4) is 0 Å². The summed E-state index contributed by atoms with van der Waals surface area (Å²) < 4.78 is 5.53. The maximum atomic E-state index is 5.53. The maximum absolute atomic E-state index is 5.53. The Balaban J connectivity index is 1.48. The lowest BCUT2D eigenvalue weighted by Crippen LogP contribution is -3.12. The molecule has 6 rings (SSSR count). The zero-order chi connectivity index (χ0) is 18.5. The molecule has 1 fully saturated rings. The van der Waals surface area contributed by atoms with Crippen LogP contribution in [0.15, 0.2) is 24.3 Å². The van der Waals surface area contributed by atoms with Gasteiger partial charge in [0.1, 0.15) is 30.3 Å². The molecule has 1 saturated heterocycles. The van der Waals surface area contributed by atoms with Gasteiger partial charge in [0.2, 0.25) is 0 Å². The summed E-state index contributed by atoms with van der Waals surface area (Å²) >= 11 is 1.91. The number of aryl methyl sites for hydroxylation is 2. The van der Waals surface area contributed by atoms with Crippen molar-refractivity contribution in [1.29, 1.82) is 0 Å². The van der Waals surface area contributed by atoms with Crippen LogP contribution in [0.4, 0.5) is 11.5 Å². The summed E-state index contributed by atoms with van der Waals surface area (Å²) in [6.45, 7) is 5.69. The normalized spacial score (nSPS) is 19.4. The summed E-state index contributed by atoms with van der Waals surface area (Å²) in [5.74, 6) is 2.14. The molecule has 0 radical (unpaired) electrons. The highest BCUT2D eigenvalue weighted by Gasteiger charge is 2.29. The summed E-state index contributed by atoms with van der Waals surface area (Å²) in [6, 6.07) is 8.79. The van der Waals surface area contributed by atoms with Gasteiger partial charge in [-0.15, -0.1) is 11.3 Å². The maximum Gasteiger partial charge on any atom is 0.187 e. The van der Waals surface area contributed by atoms with Crippen molar-refractivity contribution < 1.29 is 9.64 Å². The van der Waals surface area contributed by atoms with Crippen molar-refractivity contribution in [1.82, 2.24) is 9.97 Å². The lowest BCUT2D eigenvalue weighted by Gasteiger charge is -2.24. The first-order chi connectivity index (χ1) is 13.9. The van der Waals surface area contributed by atoms with Gasteiger partial charge >= 0.3 is 0 Å². The van der Waals surface area contributed by atoms with E-state index in [-0.39, 0.29) is 0 Å². The van der Waals surface area contributed by atoms with E-state index in [1.165, 1.54) is 56.1 Å². The number of hydrogen-bond acceptors (Lipinski definition) is 5. The molecule has 0 saturated carbocycles. The fourth-order valence-electron chi connectivity index (χ4n) is 4.91. The molecule has 2 aliphatic heterocycles. The lowest BCUT2D eigenvalue weighted by atomic mass is 10.1. The molecule has 6 heteroatoms. The van der Waals surface area contributed by atoms with Crippen LogP contribution in [-0.2, 0) is 30.5 Å². The highest BCUT2D eigenvalue weighted by molar-refractivity contribution is 7.19. The van der Waals surface area contributed by atoms with E-state index in [4.69, 9.17) is 14.7 Å². The summed E-state index contributed by atoms with van der Waals surface area (Å²) in [6.07, 6.45) is 4.75. The predicted molar refractivity (Wildman–Crippen MR) is 112 cm³/mol. The SMILES string of the molecule is c1ccc2c(c1)CCN2c1nc(C[NH+]2CCOCC2)nc2sc3c(c12)CCC3. The number of ether oxygens (including phenoxy) is 1. The average molecular weight is 394 g/mol. The molecule has 4 heterocycles. The minimum Gasteiger partial charge on any atom is -0.370 e. The Kier molecular flexibility index (Phi) is 4.10. The topological polar surface area (TPSA) is 42.7 Å². The summed E-state index contributed by atoms with van der Waals surface area (Å²) in [5, 5.41) is 1.33. The zero-order valence-corrected chi connectivity index (χ0v) is 16.9. The molecule has 2 aromatic heterocycles. The van der Waals surface area contributed by atoms with E-state index >= 15 is 0 Å². The van der Waals surface area contributed by atoms with Crippen LogP contribution < -0.4 is 9.80 Å². The monoisotopic (exact) mass is 393 g/mol. The minimum absolute atomic E-state index is 0.844. The van der Waals surface area contributed by atoms with E-state index in [9.17, 15) is 0 Å². The van der Waals surface area contributed by atoms with Gasteiger partial charge in [-0.25, -0.2) is 9.97 Å². The molecule has 144 valence electrons. The van der Waals surface area contributed by atoms with E-state index in [1.54, 1.807) is 0 Å². The first-order valence-corrected chi connectivity index (χ1v) is 11.3. The second kappa shape index (κ2) is 6.79. The molecule has 0 spiro atoms. The summed E-state index contributed by atoms with van der Waals surface area (Å²) in [4.78, 5) is 16.9. The van der Waals surface area contributed by atoms with Crippen LogP contribution in [0.3, 0.4) is 0 Å². The largest absolute Gasteiger partial charge is 0.370 e. The molecule has 28 heavy (non-hydrogen) atoms. The number of rotatable bonds is 3. The lowest BCUT2D eigenvalue weighted by molar-refractivity contribution is -0.922. The van der Waals surface area contributed by atoms with Gasteiger partial charge in [-0.05, 0) is 42.9 Å². The van der Waals surface area contributed by atoms with E-state index < -0.39 is 0 Å². The number of thiophene rings is 1. The smallest absolute Gasteiger partial charge is 0.187 e. The van der Waals surface area contributed by atoms with Gasteiger partial charge < -0.3 is 14.5 Å². The van der Waals surface area contributed by atoms with E-state index in [2.05, 4.69) is 29.2 Å². The molecule has 0 amide bonds. The predicted octanol–water partition coefficient (Wildman–Crippen LogP) is 2.29. The summed E-state index contributed by atoms with van der Waals surface area (Å²) in [7, 11) is 0. The number of nitrogens with one attached hydrogen (secondary N) is 1. The molecule has 3 aliphatic rings. The zero-order valence-electron chi connectivity index (χ0n) is 16.0. The number of fused-ring (bicyclic) bond motifs is 4. The number of para-hydroxylation sites is 1. The highest BCUT2D eigenvalue weighted by Crippen LogP contribution is 2.43.